The second-order valence-electron chi connectivity index (χ2n) is 5.48. The van der Waals surface area contributed by atoms with Crippen LogP contribution >= 0.6 is 0 Å². The molecular weight excluding hydrogens is 290 g/mol. The Hall–Kier alpha value is -1.40. The van der Waals surface area contributed by atoms with Gasteiger partial charge in [-0.2, -0.15) is 0 Å². The molecular formula is C15H21NO4S. The fraction of sp³-hybridized carbons (Fsp3) is 0.533. The first-order valence-corrected chi connectivity index (χ1v) is 8.96. The third-order valence-corrected chi connectivity index (χ3v) is 5.60. The van der Waals surface area contributed by atoms with Crippen molar-refractivity contribution in [3.05, 3.63) is 35.4 Å². The maximum absolute atomic E-state index is 12.1. The molecule has 0 aliphatic heterocycles. The Morgan fingerprint density at radius 1 is 1.29 bits per heavy atom. The first-order valence-electron chi connectivity index (χ1n) is 7.00. The van der Waals surface area contributed by atoms with Gasteiger partial charge in [0.05, 0.1) is 11.9 Å². The lowest BCUT2D eigenvalue weighted by Gasteiger charge is -2.10. The molecule has 116 valence electrons. The molecule has 6 heteroatoms. The summed E-state index contributed by atoms with van der Waals surface area (Å²) in [5.74, 6) is -1.19. The minimum atomic E-state index is -3.44. The van der Waals surface area contributed by atoms with Crippen LogP contribution in [0.2, 0.25) is 0 Å². The summed E-state index contributed by atoms with van der Waals surface area (Å²) in [6.45, 7) is 3.89. The van der Waals surface area contributed by atoms with Crippen molar-refractivity contribution in [2.45, 2.75) is 37.0 Å². The summed E-state index contributed by atoms with van der Waals surface area (Å²) in [5.41, 5.74) is 6.53. The lowest BCUT2D eigenvalue weighted by atomic mass is 10.0. The molecule has 0 bridgehead atoms. The number of esters is 1. The maximum Gasteiger partial charge on any atom is 0.328 e. The van der Waals surface area contributed by atoms with Gasteiger partial charge >= 0.3 is 5.97 Å². The molecule has 21 heavy (non-hydrogen) atoms. The minimum absolute atomic E-state index is 0.176. The summed E-state index contributed by atoms with van der Waals surface area (Å²) in [6, 6.07) is 7.54. The summed E-state index contributed by atoms with van der Waals surface area (Å²) in [5, 5.41) is -0.920. The smallest absolute Gasteiger partial charge is 0.328 e. The number of hydrogen-bond acceptors (Lipinski definition) is 5. The van der Waals surface area contributed by atoms with Crippen molar-refractivity contribution in [3.8, 4) is 0 Å². The topological polar surface area (TPSA) is 86.5 Å². The van der Waals surface area contributed by atoms with E-state index in [1.807, 2.05) is 31.2 Å². The Labute approximate surface area is 125 Å². The number of rotatable bonds is 5. The molecule has 1 aromatic carbocycles. The van der Waals surface area contributed by atoms with Crippen molar-refractivity contribution in [1.29, 1.82) is 0 Å². The zero-order chi connectivity index (χ0) is 15.8. The van der Waals surface area contributed by atoms with Crippen LogP contribution in [0.25, 0.3) is 0 Å². The van der Waals surface area contributed by atoms with Gasteiger partial charge in [-0.15, -0.1) is 0 Å². The molecule has 5 nitrogen and oxygen atoms in total. The first kappa shape index (κ1) is 16.0. The molecule has 0 spiro atoms. The molecule has 3 atom stereocenters. The van der Waals surface area contributed by atoms with Gasteiger partial charge in [0.1, 0.15) is 5.54 Å². The second kappa shape index (κ2) is 5.42. The van der Waals surface area contributed by atoms with Gasteiger partial charge in [-0.25, -0.2) is 13.2 Å². The Morgan fingerprint density at radius 2 is 1.86 bits per heavy atom. The van der Waals surface area contributed by atoms with Crippen molar-refractivity contribution in [1.82, 2.24) is 0 Å². The van der Waals surface area contributed by atoms with Gasteiger partial charge in [0, 0.05) is 12.2 Å². The molecule has 0 unspecified atom stereocenters. The Balaban J connectivity index is 2.38. The van der Waals surface area contributed by atoms with Crippen LogP contribution in [0.4, 0.5) is 0 Å². The van der Waals surface area contributed by atoms with E-state index in [1.165, 1.54) is 0 Å². The van der Waals surface area contributed by atoms with E-state index in [2.05, 4.69) is 0 Å². The van der Waals surface area contributed by atoms with E-state index in [9.17, 15) is 13.2 Å². The summed E-state index contributed by atoms with van der Waals surface area (Å²) in [4.78, 5) is 12.1. The molecule has 1 saturated carbocycles. The van der Waals surface area contributed by atoms with Gasteiger partial charge in [0.25, 0.3) is 0 Å². The quantitative estimate of drug-likeness (QED) is 0.820. The van der Waals surface area contributed by atoms with Gasteiger partial charge in [-0.1, -0.05) is 31.2 Å². The van der Waals surface area contributed by atoms with Crippen LogP contribution in [0.3, 0.4) is 0 Å². The van der Waals surface area contributed by atoms with E-state index in [-0.39, 0.29) is 6.61 Å². The number of aryl methyl sites for hydroxylation is 1. The van der Waals surface area contributed by atoms with Crippen LogP contribution in [0, 0.1) is 0 Å². The molecule has 0 aromatic heterocycles. The van der Waals surface area contributed by atoms with Gasteiger partial charge in [0.15, 0.2) is 9.84 Å². The highest BCUT2D eigenvalue weighted by Crippen LogP contribution is 2.54. The first-order chi connectivity index (χ1) is 9.76. The Morgan fingerprint density at radius 3 is 2.29 bits per heavy atom. The third-order valence-electron chi connectivity index (χ3n) is 4.02. The highest BCUT2D eigenvalue weighted by atomic mass is 32.2. The highest BCUT2D eigenvalue weighted by Gasteiger charge is 2.73. The number of ether oxygens (including phenoxy) is 1. The number of sulfone groups is 1. The summed E-state index contributed by atoms with van der Waals surface area (Å²) >= 11 is 0. The van der Waals surface area contributed by atoms with Crippen molar-refractivity contribution < 1.29 is 17.9 Å². The molecule has 0 amide bonds. The van der Waals surface area contributed by atoms with Crippen LogP contribution in [0.1, 0.15) is 30.9 Å². The number of benzene rings is 1. The summed E-state index contributed by atoms with van der Waals surface area (Å²) < 4.78 is 28.8. The second-order valence-corrected chi connectivity index (χ2v) is 7.64. The normalized spacial score (nSPS) is 28.2. The van der Waals surface area contributed by atoms with Crippen molar-refractivity contribution in [3.63, 3.8) is 0 Å². The van der Waals surface area contributed by atoms with E-state index >= 15 is 0 Å². The van der Waals surface area contributed by atoms with Gasteiger partial charge in [-0.3, -0.25) is 0 Å². The standard InChI is InChI=1S/C15H21NO4S/c1-4-10-6-8-11(9-7-10)12-13(21(3,18)19)15(12,16)14(17)20-5-2/h6-9,12-13H,4-5,16H2,1-3H3/t12-,13+,15-/m1/s1. The molecule has 0 saturated heterocycles. The molecule has 1 fully saturated rings. The fourth-order valence-electron chi connectivity index (χ4n) is 2.89. The van der Waals surface area contributed by atoms with E-state index in [0.717, 1.165) is 23.8 Å². The number of nitrogens with two attached hydrogens (primary N) is 1. The highest BCUT2D eigenvalue weighted by molar-refractivity contribution is 7.91. The van der Waals surface area contributed by atoms with Crippen molar-refractivity contribution >= 4 is 15.8 Å². The zero-order valence-corrected chi connectivity index (χ0v) is 13.3. The van der Waals surface area contributed by atoms with Crippen LogP contribution in [-0.4, -0.2) is 38.0 Å². The molecule has 2 rings (SSSR count). The minimum Gasteiger partial charge on any atom is -0.465 e. The Bertz CT molecular complexity index is 638. The maximum atomic E-state index is 12.1. The number of carbonyl (C=O) groups is 1. The largest absolute Gasteiger partial charge is 0.465 e. The lowest BCUT2D eigenvalue weighted by Crippen LogP contribution is -2.41. The van der Waals surface area contributed by atoms with Crippen LogP contribution in [0.15, 0.2) is 24.3 Å². The number of hydrogen-bond donors (Lipinski definition) is 1. The fourth-order valence-corrected chi connectivity index (χ4v) is 4.64. The molecule has 1 aliphatic carbocycles. The van der Waals surface area contributed by atoms with Gasteiger partial charge in [-0.05, 0) is 24.5 Å². The van der Waals surface area contributed by atoms with Crippen molar-refractivity contribution in [2.24, 2.45) is 5.73 Å². The van der Waals surface area contributed by atoms with Crippen LogP contribution in [-0.2, 0) is 25.8 Å². The predicted molar refractivity (Wildman–Crippen MR) is 80.7 cm³/mol. The number of carbonyl (C=O) groups excluding carboxylic acids is 1. The summed E-state index contributed by atoms with van der Waals surface area (Å²) in [7, 11) is -3.44. The van der Waals surface area contributed by atoms with E-state index in [1.54, 1.807) is 6.92 Å². The predicted octanol–water partition coefficient (Wildman–Crippen LogP) is 1.02. The van der Waals surface area contributed by atoms with Crippen molar-refractivity contribution in [2.75, 3.05) is 12.9 Å². The lowest BCUT2D eigenvalue weighted by molar-refractivity contribution is -0.145. The molecule has 2 N–H and O–H groups in total. The zero-order valence-electron chi connectivity index (χ0n) is 12.5. The monoisotopic (exact) mass is 311 g/mol. The third kappa shape index (κ3) is 2.70. The van der Waals surface area contributed by atoms with E-state index < -0.39 is 32.5 Å². The van der Waals surface area contributed by atoms with E-state index in [0.29, 0.717) is 0 Å². The molecule has 1 aliphatic rings. The SMILES string of the molecule is CCOC(=O)[C@@]1(N)[C@H](c2ccc(CC)cc2)[C@@H]1S(C)(=O)=O. The molecule has 1 aromatic rings. The summed E-state index contributed by atoms with van der Waals surface area (Å²) in [6.07, 6.45) is 2.00. The van der Waals surface area contributed by atoms with Crippen LogP contribution < -0.4 is 5.73 Å². The molecule has 0 heterocycles. The molecule has 0 radical (unpaired) electrons. The average Bonchev–Trinajstić information content (AvgIpc) is 3.07. The van der Waals surface area contributed by atoms with Crippen LogP contribution in [0.5, 0.6) is 0 Å². The average molecular weight is 311 g/mol. The van der Waals surface area contributed by atoms with E-state index in [4.69, 9.17) is 10.5 Å². The van der Waals surface area contributed by atoms with Gasteiger partial charge in [0.2, 0.25) is 0 Å². The van der Waals surface area contributed by atoms with Gasteiger partial charge < -0.3 is 10.5 Å². The Kier molecular flexibility index (Phi) is 4.13.